The van der Waals surface area contributed by atoms with E-state index < -0.39 is 17.3 Å². The van der Waals surface area contributed by atoms with Gasteiger partial charge in [0.1, 0.15) is 5.82 Å². The van der Waals surface area contributed by atoms with E-state index in [1.807, 2.05) is 0 Å². The molecule has 6 nitrogen and oxygen atoms in total. The van der Waals surface area contributed by atoms with Gasteiger partial charge in [0.25, 0.3) is 5.91 Å². The molecular weight excluding hydrogens is 246 g/mol. The molecule has 1 aromatic rings. The van der Waals surface area contributed by atoms with Crippen LogP contribution in [0, 0.1) is 19.3 Å². The number of amides is 1. The number of nitrogens with two attached hydrogens (primary N) is 1. The van der Waals surface area contributed by atoms with Crippen molar-refractivity contribution in [2.24, 2.45) is 11.1 Å². The summed E-state index contributed by atoms with van der Waals surface area (Å²) in [6, 6.07) is 1.76. The van der Waals surface area contributed by atoms with Gasteiger partial charge in [0.15, 0.2) is 0 Å². The second-order valence-electron chi connectivity index (χ2n) is 5.21. The average Bonchev–Trinajstić information content (AvgIpc) is 2.24. The molecule has 19 heavy (non-hydrogen) atoms. The lowest BCUT2D eigenvalue weighted by atomic mass is 9.94. The average molecular weight is 265 g/mol. The van der Waals surface area contributed by atoms with E-state index >= 15 is 0 Å². The first-order valence-corrected chi connectivity index (χ1v) is 5.90. The number of pyridine rings is 1. The third kappa shape index (κ3) is 3.43. The molecule has 0 unspecified atom stereocenters. The van der Waals surface area contributed by atoms with Gasteiger partial charge in [-0.05, 0) is 39.3 Å². The fourth-order valence-corrected chi connectivity index (χ4v) is 1.66. The fraction of sp³-hybridized carbons (Fsp3) is 0.462. The van der Waals surface area contributed by atoms with Crippen LogP contribution in [0.3, 0.4) is 0 Å². The van der Waals surface area contributed by atoms with Gasteiger partial charge in [0, 0.05) is 12.2 Å². The summed E-state index contributed by atoms with van der Waals surface area (Å²) < 4.78 is 0. The summed E-state index contributed by atoms with van der Waals surface area (Å²) in [5.41, 5.74) is 6.12. The summed E-state index contributed by atoms with van der Waals surface area (Å²) in [4.78, 5) is 26.7. The van der Waals surface area contributed by atoms with Crippen molar-refractivity contribution < 1.29 is 14.7 Å². The van der Waals surface area contributed by atoms with Crippen LogP contribution in [0.2, 0.25) is 0 Å². The van der Waals surface area contributed by atoms with Crippen LogP contribution in [0.5, 0.6) is 0 Å². The number of carbonyl (C=O) groups excluding carboxylic acids is 1. The second-order valence-corrected chi connectivity index (χ2v) is 5.21. The molecule has 0 atom stereocenters. The number of carboxylic acid groups (broad SMARTS) is 1. The third-order valence-electron chi connectivity index (χ3n) is 2.87. The Morgan fingerprint density at radius 1 is 1.42 bits per heavy atom. The first-order valence-electron chi connectivity index (χ1n) is 5.90. The van der Waals surface area contributed by atoms with E-state index in [0.717, 1.165) is 11.3 Å². The van der Waals surface area contributed by atoms with Crippen molar-refractivity contribution in [2.75, 3.05) is 11.9 Å². The van der Waals surface area contributed by atoms with E-state index in [2.05, 4.69) is 10.3 Å². The highest BCUT2D eigenvalue weighted by Crippen LogP contribution is 2.21. The van der Waals surface area contributed by atoms with Crippen LogP contribution in [0.1, 0.15) is 35.5 Å². The zero-order valence-corrected chi connectivity index (χ0v) is 11.6. The topological polar surface area (TPSA) is 105 Å². The number of aromatic nitrogens is 1. The lowest BCUT2D eigenvalue weighted by Gasteiger charge is -2.21. The number of carbonyl (C=O) groups is 2. The minimum atomic E-state index is -0.964. The van der Waals surface area contributed by atoms with E-state index in [1.54, 1.807) is 33.8 Å². The number of anilines is 1. The van der Waals surface area contributed by atoms with Gasteiger partial charge >= 0.3 is 5.97 Å². The molecule has 0 saturated carbocycles. The first-order chi connectivity index (χ1) is 8.65. The minimum Gasteiger partial charge on any atom is -0.481 e. The zero-order valence-electron chi connectivity index (χ0n) is 11.6. The minimum absolute atomic E-state index is 0.151. The van der Waals surface area contributed by atoms with Gasteiger partial charge < -0.3 is 16.2 Å². The summed E-state index contributed by atoms with van der Waals surface area (Å²) in [7, 11) is 0. The number of carboxylic acids is 1. The molecule has 4 N–H and O–H groups in total. The molecule has 1 aromatic heterocycles. The van der Waals surface area contributed by atoms with Crippen molar-refractivity contribution in [3.63, 3.8) is 0 Å². The summed E-state index contributed by atoms with van der Waals surface area (Å²) in [6.07, 6.45) is 0. The molecule has 0 aliphatic rings. The molecule has 0 aromatic carbocycles. The Morgan fingerprint density at radius 2 is 2.00 bits per heavy atom. The summed E-state index contributed by atoms with van der Waals surface area (Å²) in [5.74, 6) is -1.18. The van der Waals surface area contributed by atoms with Gasteiger partial charge in [-0.1, -0.05) is 0 Å². The SMILES string of the molecule is Cc1cc(C)c(C(N)=O)c(NCC(C)(C)C(=O)O)n1. The summed E-state index contributed by atoms with van der Waals surface area (Å²) in [6.45, 7) is 6.90. The number of rotatable bonds is 5. The lowest BCUT2D eigenvalue weighted by molar-refractivity contribution is -0.146. The molecule has 1 heterocycles. The Bertz CT molecular complexity index is 524. The standard InChI is InChI=1S/C13H19N3O3/c1-7-5-8(2)16-11(9(7)10(14)17)15-6-13(3,4)12(18)19/h5H,6H2,1-4H3,(H2,14,17)(H,15,16)(H,18,19). The number of nitrogens with zero attached hydrogens (tertiary/aromatic N) is 1. The smallest absolute Gasteiger partial charge is 0.310 e. The summed E-state index contributed by atoms with van der Waals surface area (Å²) >= 11 is 0. The van der Waals surface area contributed by atoms with E-state index in [1.165, 1.54) is 0 Å². The molecule has 104 valence electrons. The van der Waals surface area contributed by atoms with Gasteiger partial charge in [-0.25, -0.2) is 4.98 Å². The number of aliphatic carboxylic acids is 1. The Morgan fingerprint density at radius 3 is 2.47 bits per heavy atom. The molecule has 0 spiro atoms. The largest absolute Gasteiger partial charge is 0.481 e. The highest BCUT2D eigenvalue weighted by atomic mass is 16.4. The van der Waals surface area contributed by atoms with Crippen molar-refractivity contribution in [3.8, 4) is 0 Å². The van der Waals surface area contributed by atoms with Crippen LogP contribution in [-0.2, 0) is 4.79 Å². The van der Waals surface area contributed by atoms with Gasteiger partial charge in [-0.2, -0.15) is 0 Å². The van der Waals surface area contributed by atoms with Crippen LogP contribution in [0.25, 0.3) is 0 Å². The van der Waals surface area contributed by atoms with Crippen molar-refractivity contribution in [1.29, 1.82) is 0 Å². The van der Waals surface area contributed by atoms with Gasteiger partial charge in [-0.3, -0.25) is 9.59 Å². The van der Waals surface area contributed by atoms with Crippen molar-refractivity contribution in [2.45, 2.75) is 27.7 Å². The molecule has 0 aliphatic heterocycles. The fourth-order valence-electron chi connectivity index (χ4n) is 1.66. The first kappa shape index (κ1) is 14.9. The highest BCUT2D eigenvalue weighted by molar-refractivity contribution is 5.99. The van der Waals surface area contributed by atoms with E-state index in [4.69, 9.17) is 10.8 Å². The van der Waals surface area contributed by atoms with Gasteiger partial charge in [0.05, 0.1) is 11.0 Å². The lowest BCUT2D eigenvalue weighted by Crippen LogP contribution is -2.32. The Labute approximate surface area is 112 Å². The van der Waals surface area contributed by atoms with Crippen molar-refractivity contribution >= 4 is 17.7 Å². The number of nitrogens with one attached hydrogen (secondary N) is 1. The maximum Gasteiger partial charge on any atom is 0.310 e. The normalized spacial score (nSPS) is 11.2. The molecule has 6 heteroatoms. The predicted octanol–water partition coefficient (Wildman–Crippen LogP) is 1.32. The monoisotopic (exact) mass is 265 g/mol. The van der Waals surface area contributed by atoms with Gasteiger partial charge in [-0.15, -0.1) is 0 Å². The number of hydrogen-bond acceptors (Lipinski definition) is 4. The Hall–Kier alpha value is -2.11. The number of hydrogen-bond donors (Lipinski definition) is 3. The van der Waals surface area contributed by atoms with Gasteiger partial charge in [0.2, 0.25) is 0 Å². The molecule has 0 saturated heterocycles. The van der Waals surface area contributed by atoms with Crippen LogP contribution in [-0.4, -0.2) is 28.5 Å². The molecule has 0 fully saturated rings. The maximum absolute atomic E-state index is 11.4. The van der Waals surface area contributed by atoms with E-state index in [-0.39, 0.29) is 6.54 Å². The maximum atomic E-state index is 11.4. The highest BCUT2D eigenvalue weighted by Gasteiger charge is 2.27. The number of aryl methyl sites for hydroxylation is 2. The molecular formula is C13H19N3O3. The Kier molecular flexibility index (Phi) is 4.14. The van der Waals surface area contributed by atoms with Crippen LogP contribution < -0.4 is 11.1 Å². The Balaban J connectivity index is 3.07. The third-order valence-corrected chi connectivity index (χ3v) is 2.87. The molecule has 0 radical (unpaired) electrons. The van der Waals surface area contributed by atoms with Crippen molar-refractivity contribution in [1.82, 2.24) is 4.98 Å². The van der Waals surface area contributed by atoms with E-state index in [0.29, 0.717) is 11.4 Å². The number of primary amides is 1. The van der Waals surface area contributed by atoms with Crippen LogP contribution >= 0.6 is 0 Å². The summed E-state index contributed by atoms with van der Waals surface area (Å²) in [5, 5.41) is 12.0. The molecule has 1 rings (SSSR count). The van der Waals surface area contributed by atoms with Crippen molar-refractivity contribution in [3.05, 3.63) is 22.9 Å². The molecule has 0 bridgehead atoms. The van der Waals surface area contributed by atoms with Crippen LogP contribution in [0.15, 0.2) is 6.07 Å². The predicted molar refractivity (Wildman–Crippen MR) is 72.1 cm³/mol. The molecule has 0 aliphatic carbocycles. The van der Waals surface area contributed by atoms with E-state index in [9.17, 15) is 9.59 Å². The zero-order chi connectivity index (χ0) is 14.8. The quantitative estimate of drug-likeness (QED) is 0.744. The molecule has 1 amide bonds. The van der Waals surface area contributed by atoms with Crippen LogP contribution in [0.4, 0.5) is 5.82 Å². The second kappa shape index (κ2) is 5.26.